The number of halogens is 1. The summed E-state index contributed by atoms with van der Waals surface area (Å²) in [5.74, 6) is -0.366. The average Bonchev–Trinajstić information content (AvgIpc) is 2.35. The van der Waals surface area contributed by atoms with Gasteiger partial charge in [-0.3, -0.25) is 4.84 Å². The van der Waals surface area contributed by atoms with Gasteiger partial charge < -0.3 is 4.74 Å². The van der Waals surface area contributed by atoms with Gasteiger partial charge in [0, 0.05) is 0 Å². The van der Waals surface area contributed by atoms with Gasteiger partial charge in [0.2, 0.25) is 0 Å². The van der Waals surface area contributed by atoms with Crippen LogP contribution in [0.5, 0.6) is 0 Å². The summed E-state index contributed by atoms with van der Waals surface area (Å²) in [6, 6.07) is 0. The van der Waals surface area contributed by atoms with E-state index in [0.29, 0.717) is 6.61 Å². The minimum Gasteiger partial charge on any atom is -0.462 e. The van der Waals surface area contributed by atoms with Gasteiger partial charge in [0.1, 0.15) is 17.0 Å². The van der Waals surface area contributed by atoms with E-state index in [1.54, 1.807) is 6.92 Å². The predicted octanol–water partition coefficient (Wildman–Crippen LogP) is 2.45. The standard InChI is InChI=1S/C11H16ClN3O3/c1-3-5-6-18-15-10-8(11(16)17-4-2)9(12)13-7-14-10/h7H,3-6H2,1-2H3,(H,13,14,15). The molecule has 0 aliphatic carbocycles. The maximum Gasteiger partial charge on any atom is 0.345 e. The zero-order valence-electron chi connectivity index (χ0n) is 10.4. The number of hydrogen-bond acceptors (Lipinski definition) is 6. The molecule has 0 aliphatic rings. The molecule has 1 aromatic rings. The Morgan fingerprint density at radius 1 is 1.44 bits per heavy atom. The molecule has 0 bridgehead atoms. The summed E-state index contributed by atoms with van der Waals surface area (Å²) in [4.78, 5) is 24.5. The highest BCUT2D eigenvalue weighted by molar-refractivity contribution is 6.33. The molecule has 1 heterocycles. The first kappa shape index (κ1) is 14.7. The van der Waals surface area contributed by atoms with Gasteiger partial charge in [-0.15, -0.1) is 0 Å². The lowest BCUT2D eigenvalue weighted by Gasteiger charge is -2.10. The first-order valence-electron chi connectivity index (χ1n) is 5.76. The van der Waals surface area contributed by atoms with Crippen molar-refractivity contribution in [2.75, 3.05) is 18.7 Å². The van der Waals surface area contributed by atoms with Crippen LogP contribution in [0.15, 0.2) is 6.33 Å². The van der Waals surface area contributed by atoms with Crippen molar-refractivity contribution in [1.82, 2.24) is 9.97 Å². The number of nitrogens with zero attached hydrogens (tertiary/aromatic N) is 2. The Morgan fingerprint density at radius 2 is 2.22 bits per heavy atom. The number of aromatic nitrogens is 2. The Kier molecular flexibility index (Phi) is 6.38. The van der Waals surface area contributed by atoms with E-state index in [4.69, 9.17) is 21.2 Å². The van der Waals surface area contributed by atoms with E-state index < -0.39 is 5.97 Å². The highest BCUT2D eigenvalue weighted by atomic mass is 35.5. The molecule has 0 spiro atoms. The zero-order chi connectivity index (χ0) is 13.4. The molecule has 0 atom stereocenters. The summed E-state index contributed by atoms with van der Waals surface area (Å²) in [6.07, 6.45) is 3.16. The molecule has 100 valence electrons. The third-order valence-corrected chi connectivity index (χ3v) is 2.34. The molecule has 0 aliphatic heterocycles. The zero-order valence-corrected chi connectivity index (χ0v) is 11.2. The number of ether oxygens (including phenoxy) is 1. The lowest BCUT2D eigenvalue weighted by Crippen LogP contribution is -2.13. The third-order valence-electron chi connectivity index (χ3n) is 2.05. The van der Waals surface area contributed by atoms with Gasteiger partial charge in [0.15, 0.2) is 5.82 Å². The van der Waals surface area contributed by atoms with Crippen LogP contribution >= 0.6 is 11.6 Å². The van der Waals surface area contributed by atoms with Gasteiger partial charge in [-0.05, 0) is 13.3 Å². The van der Waals surface area contributed by atoms with Crippen LogP contribution in [0.1, 0.15) is 37.0 Å². The average molecular weight is 274 g/mol. The summed E-state index contributed by atoms with van der Waals surface area (Å²) in [6.45, 7) is 4.52. The van der Waals surface area contributed by atoms with Crippen molar-refractivity contribution in [3.8, 4) is 0 Å². The monoisotopic (exact) mass is 273 g/mol. The third kappa shape index (κ3) is 4.12. The van der Waals surface area contributed by atoms with Gasteiger partial charge in [0.25, 0.3) is 0 Å². The molecule has 0 amide bonds. The van der Waals surface area contributed by atoms with Crippen molar-refractivity contribution in [3.63, 3.8) is 0 Å². The number of carbonyl (C=O) groups is 1. The van der Waals surface area contributed by atoms with Crippen molar-refractivity contribution < 1.29 is 14.4 Å². The Morgan fingerprint density at radius 3 is 2.89 bits per heavy atom. The number of carbonyl (C=O) groups excluding carboxylic acids is 1. The molecule has 1 N–H and O–H groups in total. The Bertz CT molecular complexity index is 401. The second kappa shape index (κ2) is 7.84. The van der Waals surface area contributed by atoms with Gasteiger partial charge in [0.05, 0.1) is 13.2 Å². The fourth-order valence-corrected chi connectivity index (χ4v) is 1.37. The van der Waals surface area contributed by atoms with E-state index in [-0.39, 0.29) is 23.1 Å². The quantitative estimate of drug-likeness (QED) is 0.356. The fourth-order valence-electron chi connectivity index (χ4n) is 1.16. The van der Waals surface area contributed by atoms with Crippen LogP contribution < -0.4 is 5.48 Å². The van der Waals surface area contributed by atoms with Crippen LogP contribution in [0.25, 0.3) is 0 Å². The van der Waals surface area contributed by atoms with E-state index in [9.17, 15) is 4.79 Å². The largest absolute Gasteiger partial charge is 0.462 e. The molecule has 18 heavy (non-hydrogen) atoms. The smallest absolute Gasteiger partial charge is 0.345 e. The number of anilines is 1. The summed E-state index contributed by atoms with van der Waals surface area (Å²) in [7, 11) is 0. The van der Waals surface area contributed by atoms with Gasteiger partial charge in [-0.2, -0.15) is 0 Å². The molecule has 1 aromatic heterocycles. The van der Waals surface area contributed by atoms with Crippen LogP contribution in [0.3, 0.4) is 0 Å². The topological polar surface area (TPSA) is 73.3 Å². The summed E-state index contributed by atoms with van der Waals surface area (Å²) >= 11 is 5.85. The lowest BCUT2D eigenvalue weighted by molar-refractivity contribution is 0.0525. The van der Waals surface area contributed by atoms with E-state index in [0.717, 1.165) is 12.8 Å². The highest BCUT2D eigenvalue weighted by Crippen LogP contribution is 2.20. The van der Waals surface area contributed by atoms with Crippen molar-refractivity contribution >= 4 is 23.4 Å². The van der Waals surface area contributed by atoms with Crippen molar-refractivity contribution in [3.05, 3.63) is 17.0 Å². The first-order chi connectivity index (χ1) is 8.70. The summed E-state index contributed by atoms with van der Waals surface area (Å²) in [5.41, 5.74) is 2.67. The van der Waals surface area contributed by atoms with Crippen LogP contribution in [-0.2, 0) is 9.57 Å². The van der Waals surface area contributed by atoms with Gasteiger partial charge in [-0.1, -0.05) is 24.9 Å². The molecule has 7 heteroatoms. The van der Waals surface area contributed by atoms with Crippen LogP contribution in [-0.4, -0.2) is 29.2 Å². The number of hydrogen-bond donors (Lipinski definition) is 1. The molecular formula is C11H16ClN3O3. The second-order valence-electron chi connectivity index (χ2n) is 3.41. The Labute approximate surface area is 111 Å². The van der Waals surface area contributed by atoms with E-state index in [1.165, 1.54) is 6.33 Å². The van der Waals surface area contributed by atoms with Crippen molar-refractivity contribution in [2.45, 2.75) is 26.7 Å². The Balaban J connectivity index is 2.77. The molecule has 0 saturated heterocycles. The van der Waals surface area contributed by atoms with Crippen molar-refractivity contribution in [1.29, 1.82) is 0 Å². The van der Waals surface area contributed by atoms with Crippen LogP contribution in [0, 0.1) is 0 Å². The highest BCUT2D eigenvalue weighted by Gasteiger charge is 2.19. The van der Waals surface area contributed by atoms with Crippen LogP contribution in [0.2, 0.25) is 5.15 Å². The minimum atomic E-state index is -0.579. The molecule has 0 aromatic carbocycles. The van der Waals surface area contributed by atoms with E-state index in [1.807, 2.05) is 0 Å². The molecule has 0 saturated carbocycles. The number of unbranched alkanes of at least 4 members (excludes halogenated alkanes) is 1. The Hall–Kier alpha value is -1.40. The molecule has 6 nitrogen and oxygen atoms in total. The first-order valence-corrected chi connectivity index (χ1v) is 6.13. The maximum atomic E-state index is 11.7. The second-order valence-corrected chi connectivity index (χ2v) is 3.77. The maximum absolute atomic E-state index is 11.7. The van der Waals surface area contributed by atoms with Gasteiger partial charge >= 0.3 is 5.97 Å². The minimum absolute atomic E-state index is 0.0324. The van der Waals surface area contributed by atoms with E-state index in [2.05, 4.69) is 22.4 Å². The van der Waals surface area contributed by atoms with E-state index >= 15 is 0 Å². The fraction of sp³-hybridized carbons (Fsp3) is 0.545. The predicted molar refractivity (Wildman–Crippen MR) is 67.5 cm³/mol. The molecule has 1 rings (SSSR count). The SMILES string of the molecule is CCCCONc1ncnc(Cl)c1C(=O)OCC. The number of esters is 1. The molecule has 0 fully saturated rings. The number of nitrogens with one attached hydrogen (secondary N) is 1. The molecular weight excluding hydrogens is 258 g/mol. The van der Waals surface area contributed by atoms with Gasteiger partial charge in [-0.25, -0.2) is 20.2 Å². The number of rotatable bonds is 7. The lowest BCUT2D eigenvalue weighted by atomic mass is 10.3. The molecule has 0 radical (unpaired) electrons. The molecule has 0 unspecified atom stereocenters. The van der Waals surface area contributed by atoms with Crippen molar-refractivity contribution in [2.24, 2.45) is 0 Å². The normalized spacial score (nSPS) is 10.2. The van der Waals surface area contributed by atoms with Crippen LogP contribution in [0.4, 0.5) is 5.82 Å². The summed E-state index contributed by atoms with van der Waals surface area (Å²) < 4.78 is 4.88. The summed E-state index contributed by atoms with van der Waals surface area (Å²) in [5, 5.41) is 0.0324.